The van der Waals surface area contributed by atoms with Gasteiger partial charge in [-0.15, -0.1) is 0 Å². The molecule has 0 unspecified atom stereocenters. The summed E-state index contributed by atoms with van der Waals surface area (Å²) in [6, 6.07) is -0.624. The second-order valence-electron chi connectivity index (χ2n) is 4.57. The van der Waals surface area contributed by atoms with E-state index >= 15 is 0 Å². The first-order valence-corrected chi connectivity index (χ1v) is 6.61. The Bertz CT molecular complexity index is 253. The Morgan fingerprint density at radius 1 is 1.17 bits per heavy atom. The molecular weight excluding hydrogens is 234 g/mol. The first-order chi connectivity index (χ1) is 8.51. The number of unbranched alkanes of at least 4 members (excludes halogenated alkanes) is 1. The van der Waals surface area contributed by atoms with Gasteiger partial charge in [-0.05, 0) is 25.7 Å². The summed E-state index contributed by atoms with van der Waals surface area (Å²) >= 11 is 0. The van der Waals surface area contributed by atoms with Gasteiger partial charge in [0, 0.05) is 0 Å². The first kappa shape index (κ1) is 16.7. The summed E-state index contributed by atoms with van der Waals surface area (Å²) in [6.07, 6.45) is 1.77. The number of alkyl carbamates (subject to hydrolysis) is 1. The standard InChI is InChI=1S/C13H25NO4/c1-5-7-8-18-12(15)11(9-10(3)4)14-13(16)17-6-2/h10-11H,5-9H2,1-4H3,(H,14,16)/t11-/m0/s1. The van der Waals surface area contributed by atoms with Crippen molar-refractivity contribution in [3.05, 3.63) is 0 Å². The van der Waals surface area contributed by atoms with E-state index in [-0.39, 0.29) is 18.5 Å². The molecule has 18 heavy (non-hydrogen) atoms. The Hall–Kier alpha value is -1.26. The quantitative estimate of drug-likeness (QED) is 0.537. The van der Waals surface area contributed by atoms with Gasteiger partial charge < -0.3 is 14.8 Å². The van der Waals surface area contributed by atoms with E-state index < -0.39 is 12.1 Å². The summed E-state index contributed by atoms with van der Waals surface area (Å²) < 4.78 is 9.89. The van der Waals surface area contributed by atoms with Crippen molar-refractivity contribution in [2.45, 2.75) is 53.0 Å². The lowest BCUT2D eigenvalue weighted by molar-refractivity contribution is -0.146. The highest BCUT2D eigenvalue weighted by molar-refractivity contribution is 5.81. The molecule has 0 aliphatic rings. The third kappa shape index (κ3) is 7.92. The molecule has 0 radical (unpaired) electrons. The lowest BCUT2D eigenvalue weighted by Crippen LogP contribution is -2.43. The highest BCUT2D eigenvalue weighted by Crippen LogP contribution is 2.07. The van der Waals surface area contributed by atoms with Crippen LogP contribution in [0.3, 0.4) is 0 Å². The Balaban J connectivity index is 4.28. The van der Waals surface area contributed by atoms with Crippen LogP contribution in [0.5, 0.6) is 0 Å². The highest BCUT2D eigenvalue weighted by atomic mass is 16.6. The Labute approximate surface area is 109 Å². The molecule has 0 spiro atoms. The van der Waals surface area contributed by atoms with E-state index in [0.29, 0.717) is 13.0 Å². The van der Waals surface area contributed by atoms with Crippen molar-refractivity contribution < 1.29 is 19.1 Å². The molecule has 5 heteroatoms. The van der Waals surface area contributed by atoms with Gasteiger partial charge in [-0.25, -0.2) is 9.59 Å². The van der Waals surface area contributed by atoms with Crippen LogP contribution in [0, 0.1) is 5.92 Å². The van der Waals surface area contributed by atoms with Crippen LogP contribution >= 0.6 is 0 Å². The summed E-state index contributed by atoms with van der Waals surface area (Å²) in [6.45, 7) is 8.39. The molecule has 0 fully saturated rings. The number of ether oxygens (including phenoxy) is 2. The maximum absolute atomic E-state index is 11.8. The SMILES string of the molecule is CCCCOC(=O)[C@H](CC(C)C)NC(=O)OCC. The minimum Gasteiger partial charge on any atom is -0.464 e. The molecule has 1 amide bonds. The van der Waals surface area contributed by atoms with E-state index in [2.05, 4.69) is 5.32 Å². The zero-order valence-electron chi connectivity index (χ0n) is 11.8. The second-order valence-corrected chi connectivity index (χ2v) is 4.57. The molecule has 0 aromatic heterocycles. The van der Waals surface area contributed by atoms with Crippen molar-refractivity contribution in [2.75, 3.05) is 13.2 Å². The average molecular weight is 259 g/mol. The fraction of sp³-hybridized carbons (Fsp3) is 0.846. The number of rotatable bonds is 8. The number of amides is 1. The van der Waals surface area contributed by atoms with Crippen LogP contribution in [0.15, 0.2) is 0 Å². The van der Waals surface area contributed by atoms with Gasteiger partial charge in [0.05, 0.1) is 13.2 Å². The van der Waals surface area contributed by atoms with Crippen molar-refractivity contribution in [3.63, 3.8) is 0 Å². The Morgan fingerprint density at radius 2 is 1.83 bits per heavy atom. The molecule has 0 heterocycles. The molecule has 0 bridgehead atoms. The molecule has 0 rings (SSSR count). The number of nitrogens with one attached hydrogen (secondary N) is 1. The number of esters is 1. The maximum atomic E-state index is 11.8. The molecule has 0 aliphatic carbocycles. The zero-order chi connectivity index (χ0) is 14.0. The van der Waals surface area contributed by atoms with Gasteiger partial charge in [-0.2, -0.15) is 0 Å². The molecule has 0 saturated heterocycles. The third-order valence-electron chi connectivity index (χ3n) is 2.30. The smallest absolute Gasteiger partial charge is 0.407 e. The molecule has 1 atom stereocenters. The van der Waals surface area contributed by atoms with E-state index in [0.717, 1.165) is 12.8 Å². The van der Waals surface area contributed by atoms with Crippen LogP contribution in [0.1, 0.15) is 47.0 Å². The van der Waals surface area contributed by atoms with Crippen molar-refractivity contribution in [1.82, 2.24) is 5.32 Å². The van der Waals surface area contributed by atoms with Crippen LogP contribution in [0.2, 0.25) is 0 Å². The lowest BCUT2D eigenvalue weighted by atomic mass is 10.0. The largest absolute Gasteiger partial charge is 0.464 e. The molecule has 5 nitrogen and oxygen atoms in total. The predicted octanol–water partition coefficient (Wildman–Crippen LogP) is 2.49. The maximum Gasteiger partial charge on any atom is 0.407 e. The van der Waals surface area contributed by atoms with E-state index in [1.54, 1.807) is 6.92 Å². The van der Waals surface area contributed by atoms with Gasteiger partial charge >= 0.3 is 12.1 Å². The summed E-state index contributed by atoms with van der Waals surface area (Å²) in [7, 11) is 0. The number of carbonyl (C=O) groups is 2. The summed E-state index contributed by atoms with van der Waals surface area (Å²) in [4.78, 5) is 23.1. The second kappa shape index (κ2) is 9.74. The van der Waals surface area contributed by atoms with E-state index in [4.69, 9.17) is 9.47 Å². The summed E-state index contributed by atoms with van der Waals surface area (Å²) in [5, 5.41) is 2.54. The molecular formula is C13H25NO4. The van der Waals surface area contributed by atoms with E-state index in [1.165, 1.54) is 0 Å². The van der Waals surface area contributed by atoms with Crippen molar-refractivity contribution in [1.29, 1.82) is 0 Å². The summed E-state index contributed by atoms with van der Waals surface area (Å²) in [5.41, 5.74) is 0. The Morgan fingerprint density at radius 3 is 2.33 bits per heavy atom. The zero-order valence-corrected chi connectivity index (χ0v) is 11.8. The van der Waals surface area contributed by atoms with Crippen LogP contribution in [0.4, 0.5) is 4.79 Å². The number of carbonyl (C=O) groups excluding carboxylic acids is 2. The van der Waals surface area contributed by atoms with Gasteiger partial charge in [0.25, 0.3) is 0 Å². The predicted molar refractivity (Wildman–Crippen MR) is 69.3 cm³/mol. The van der Waals surface area contributed by atoms with Crippen molar-refractivity contribution in [3.8, 4) is 0 Å². The fourth-order valence-corrected chi connectivity index (χ4v) is 1.42. The highest BCUT2D eigenvalue weighted by Gasteiger charge is 2.23. The average Bonchev–Trinajstić information content (AvgIpc) is 2.28. The molecule has 0 aromatic rings. The molecule has 0 aromatic carbocycles. The number of hydrogen-bond donors (Lipinski definition) is 1. The van der Waals surface area contributed by atoms with Crippen LogP contribution in [-0.2, 0) is 14.3 Å². The topological polar surface area (TPSA) is 64.6 Å². The van der Waals surface area contributed by atoms with E-state index in [1.807, 2.05) is 20.8 Å². The third-order valence-corrected chi connectivity index (χ3v) is 2.30. The molecule has 106 valence electrons. The van der Waals surface area contributed by atoms with Crippen LogP contribution in [-0.4, -0.2) is 31.3 Å². The van der Waals surface area contributed by atoms with Crippen LogP contribution < -0.4 is 5.32 Å². The number of hydrogen-bond acceptors (Lipinski definition) is 4. The normalized spacial score (nSPS) is 12.1. The Kier molecular flexibility index (Phi) is 9.06. The van der Waals surface area contributed by atoms with Gasteiger partial charge in [0.2, 0.25) is 0 Å². The van der Waals surface area contributed by atoms with Crippen molar-refractivity contribution in [2.24, 2.45) is 5.92 Å². The molecule has 0 aliphatic heterocycles. The van der Waals surface area contributed by atoms with Gasteiger partial charge in [0.15, 0.2) is 0 Å². The van der Waals surface area contributed by atoms with E-state index in [9.17, 15) is 9.59 Å². The van der Waals surface area contributed by atoms with Crippen molar-refractivity contribution >= 4 is 12.1 Å². The van der Waals surface area contributed by atoms with Gasteiger partial charge in [-0.1, -0.05) is 27.2 Å². The molecule has 1 N–H and O–H groups in total. The first-order valence-electron chi connectivity index (χ1n) is 6.61. The van der Waals surface area contributed by atoms with Crippen LogP contribution in [0.25, 0.3) is 0 Å². The monoisotopic (exact) mass is 259 g/mol. The summed E-state index contributed by atoms with van der Waals surface area (Å²) in [5.74, 6) is -0.0964. The minimum absolute atomic E-state index is 0.283. The van der Waals surface area contributed by atoms with Gasteiger partial charge in [0.1, 0.15) is 6.04 Å². The molecule has 0 saturated carbocycles. The lowest BCUT2D eigenvalue weighted by Gasteiger charge is -2.18. The van der Waals surface area contributed by atoms with Gasteiger partial charge in [-0.3, -0.25) is 0 Å². The fourth-order valence-electron chi connectivity index (χ4n) is 1.42. The minimum atomic E-state index is -0.624.